The van der Waals surface area contributed by atoms with E-state index in [0.29, 0.717) is 12.0 Å². The smallest absolute Gasteiger partial charge is 0.0629 e. The molecule has 6 aromatic rings. The fourth-order valence-electron chi connectivity index (χ4n) is 7.56. The first-order chi connectivity index (χ1) is 21.8. The van der Waals surface area contributed by atoms with Gasteiger partial charge < -0.3 is 9.47 Å². The number of para-hydroxylation sites is 2. The van der Waals surface area contributed by atoms with E-state index in [2.05, 4.69) is 167 Å². The third kappa shape index (κ3) is 3.95. The predicted molar refractivity (Wildman–Crippen MR) is 185 cm³/mol. The van der Waals surface area contributed by atoms with E-state index in [1.54, 1.807) is 0 Å². The van der Waals surface area contributed by atoms with Crippen LogP contribution in [-0.2, 0) is 6.42 Å². The average molecular weight is 565 g/mol. The Labute approximate surface area is 258 Å². The highest BCUT2D eigenvalue weighted by Gasteiger charge is 2.37. The molecular formula is C42H32N2. The molecule has 2 heterocycles. The molecular weight excluding hydrogens is 532 g/mol. The zero-order valence-corrected chi connectivity index (χ0v) is 24.5. The first-order valence-electron chi connectivity index (χ1n) is 15.7. The topological polar surface area (TPSA) is 8.17 Å². The van der Waals surface area contributed by atoms with E-state index in [1.807, 2.05) is 0 Å². The molecule has 44 heavy (non-hydrogen) atoms. The Morgan fingerprint density at radius 2 is 1.30 bits per heavy atom. The third-order valence-corrected chi connectivity index (χ3v) is 9.57. The van der Waals surface area contributed by atoms with Crippen LogP contribution in [-0.4, -0.2) is 10.6 Å². The van der Waals surface area contributed by atoms with Crippen molar-refractivity contribution in [2.75, 3.05) is 4.90 Å². The molecule has 1 aliphatic heterocycles. The van der Waals surface area contributed by atoms with Crippen LogP contribution in [0.5, 0.6) is 0 Å². The number of rotatable bonds is 4. The number of aromatic nitrogens is 1. The van der Waals surface area contributed by atoms with Gasteiger partial charge in [0.1, 0.15) is 0 Å². The molecule has 0 saturated heterocycles. The molecule has 9 rings (SSSR count). The van der Waals surface area contributed by atoms with Crippen molar-refractivity contribution in [3.8, 4) is 27.9 Å². The van der Waals surface area contributed by atoms with E-state index in [9.17, 15) is 0 Å². The van der Waals surface area contributed by atoms with Gasteiger partial charge in [-0.2, -0.15) is 0 Å². The summed E-state index contributed by atoms with van der Waals surface area (Å²) in [6, 6.07) is 45.0. The number of hydrogen-bond acceptors (Lipinski definition) is 1. The first kappa shape index (κ1) is 25.2. The molecule has 3 aliphatic rings. The maximum atomic E-state index is 2.49. The van der Waals surface area contributed by atoms with Crippen molar-refractivity contribution in [2.24, 2.45) is 0 Å². The fraction of sp³-hybridized carbons (Fsp3) is 0.0952. The second-order valence-electron chi connectivity index (χ2n) is 12.1. The van der Waals surface area contributed by atoms with Gasteiger partial charge in [-0.25, -0.2) is 0 Å². The Bertz CT molecular complexity index is 2130. The highest BCUT2D eigenvalue weighted by atomic mass is 15.2. The van der Waals surface area contributed by atoms with Gasteiger partial charge in [-0.1, -0.05) is 103 Å². The summed E-state index contributed by atoms with van der Waals surface area (Å²) in [4.78, 5) is 2.49. The minimum absolute atomic E-state index is 0.300. The molecule has 2 heteroatoms. The molecule has 0 radical (unpaired) electrons. The summed E-state index contributed by atoms with van der Waals surface area (Å²) in [5.41, 5.74) is 14.2. The molecule has 1 aromatic heterocycles. The zero-order valence-electron chi connectivity index (χ0n) is 24.5. The summed E-state index contributed by atoms with van der Waals surface area (Å²) in [6.45, 7) is 0. The van der Waals surface area contributed by atoms with Crippen LogP contribution >= 0.6 is 0 Å². The van der Waals surface area contributed by atoms with Crippen molar-refractivity contribution in [1.29, 1.82) is 0 Å². The van der Waals surface area contributed by atoms with Crippen LogP contribution in [0.1, 0.15) is 29.2 Å². The number of fused-ring (bicyclic) bond motifs is 6. The van der Waals surface area contributed by atoms with E-state index in [-0.39, 0.29) is 0 Å². The van der Waals surface area contributed by atoms with E-state index >= 15 is 0 Å². The van der Waals surface area contributed by atoms with Crippen LogP contribution in [0.25, 0.3) is 44.9 Å². The van der Waals surface area contributed by atoms with Crippen molar-refractivity contribution >= 4 is 28.4 Å². The summed E-state index contributed by atoms with van der Waals surface area (Å²) < 4.78 is 2.46. The molecule has 5 aromatic carbocycles. The van der Waals surface area contributed by atoms with Crippen LogP contribution in [0.4, 0.5) is 11.4 Å². The average Bonchev–Trinajstić information content (AvgIpc) is 3.61. The SMILES string of the molecule is C1=CC2c3cc(-c4cccc(-c5ccc6c(c5)c5c(n6-c6ccccc6)CCC=C5)c4)ccc3N(c3ccccc3)C2C=C1. The molecule has 0 N–H and O–H groups in total. The number of anilines is 2. The second-order valence-corrected chi connectivity index (χ2v) is 12.1. The van der Waals surface area contributed by atoms with Gasteiger partial charge in [0.2, 0.25) is 0 Å². The zero-order chi connectivity index (χ0) is 29.0. The molecule has 0 amide bonds. The quantitative estimate of drug-likeness (QED) is 0.207. The van der Waals surface area contributed by atoms with Crippen LogP contribution in [0, 0.1) is 0 Å². The van der Waals surface area contributed by atoms with Gasteiger partial charge in [0.25, 0.3) is 0 Å². The van der Waals surface area contributed by atoms with Crippen molar-refractivity contribution < 1.29 is 0 Å². The predicted octanol–water partition coefficient (Wildman–Crippen LogP) is 10.7. The van der Waals surface area contributed by atoms with Gasteiger partial charge in [-0.05, 0) is 95.3 Å². The van der Waals surface area contributed by atoms with Crippen LogP contribution < -0.4 is 4.90 Å². The molecule has 2 atom stereocenters. The Morgan fingerprint density at radius 1 is 0.591 bits per heavy atom. The van der Waals surface area contributed by atoms with Crippen molar-refractivity contribution in [2.45, 2.75) is 24.8 Å². The number of hydrogen-bond donors (Lipinski definition) is 0. The van der Waals surface area contributed by atoms with Gasteiger partial charge in [0, 0.05) is 39.6 Å². The molecule has 0 spiro atoms. The molecule has 0 fully saturated rings. The summed E-state index contributed by atoms with van der Waals surface area (Å²) in [5, 5.41) is 1.32. The van der Waals surface area contributed by atoms with Gasteiger partial charge >= 0.3 is 0 Å². The van der Waals surface area contributed by atoms with E-state index < -0.39 is 0 Å². The first-order valence-corrected chi connectivity index (χ1v) is 15.7. The van der Waals surface area contributed by atoms with E-state index in [0.717, 1.165) is 12.8 Å². The lowest BCUT2D eigenvalue weighted by atomic mass is 9.89. The van der Waals surface area contributed by atoms with Crippen LogP contribution in [0.3, 0.4) is 0 Å². The van der Waals surface area contributed by atoms with Crippen molar-refractivity contribution in [3.63, 3.8) is 0 Å². The van der Waals surface area contributed by atoms with Gasteiger partial charge in [0.15, 0.2) is 0 Å². The maximum absolute atomic E-state index is 2.49. The third-order valence-electron chi connectivity index (χ3n) is 9.57. The minimum atomic E-state index is 0.300. The summed E-state index contributed by atoms with van der Waals surface area (Å²) in [7, 11) is 0. The van der Waals surface area contributed by atoms with Crippen molar-refractivity contribution in [3.05, 3.63) is 169 Å². The molecule has 2 aliphatic carbocycles. The maximum Gasteiger partial charge on any atom is 0.0629 e. The number of benzene rings is 5. The number of allylic oxidation sites excluding steroid dienone is 3. The Hall–Kier alpha value is -5.34. The second kappa shape index (κ2) is 10.1. The highest BCUT2D eigenvalue weighted by molar-refractivity contribution is 5.96. The van der Waals surface area contributed by atoms with Gasteiger partial charge in [-0.15, -0.1) is 0 Å². The monoisotopic (exact) mass is 564 g/mol. The van der Waals surface area contributed by atoms with Crippen molar-refractivity contribution in [1.82, 2.24) is 4.57 Å². The standard InChI is InChI=1S/C42H32N2/c1-3-14-33(15-4-1)43-39-20-9-7-18-35(39)37-27-31(22-24-41(37)43)29-12-11-13-30(26-29)32-23-25-42-38(28-32)36-19-8-10-21-40(36)44(42)34-16-5-2-6-17-34/h1-9,11-20,22-28,35,39H,10,21H2. The Kier molecular flexibility index (Phi) is 5.80. The normalized spacial score (nSPS) is 18.0. The summed E-state index contributed by atoms with van der Waals surface area (Å²) in [5.74, 6) is 0.341. The molecule has 0 bridgehead atoms. The van der Waals surface area contributed by atoms with E-state index in [1.165, 1.54) is 67.0 Å². The molecule has 2 nitrogen and oxygen atoms in total. The van der Waals surface area contributed by atoms with E-state index in [4.69, 9.17) is 0 Å². The summed E-state index contributed by atoms with van der Waals surface area (Å²) in [6.07, 6.45) is 15.9. The van der Waals surface area contributed by atoms with Gasteiger partial charge in [-0.3, -0.25) is 0 Å². The molecule has 0 saturated carbocycles. The lowest BCUT2D eigenvalue weighted by Crippen LogP contribution is -2.28. The highest BCUT2D eigenvalue weighted by Crippen LogP contribution is 2.49. The molecule has 2 unspecified atom stereocenters. The minimum Gasteiger partial charge on any atom is -0.333 e. The largest absolute Gasteiger partial charge is 0.333 e. The molecule has 210 valence electrons. The Balaban J connectivity index is 1.12. The fourth-order valence-corrected chi connectivity index (χ4v) is 7.56. The van der Waals surface area contributed by atoms with Crippen LogP contribution in [0.2, 0.25) is 0 Å². The number of nitrogens with zero attached hydrogens (tertiary/aromatic N) is 2. The summed E-state index contributed by atoms with van der Waals surface area (Å²) >= 11 is 0. The lowest BCUT2D eigenvalue weighted by molar-refractivity contribution is 0.745. The van der Waals surface area contributed by atoms with Gasteiger partial charge in [0.05, 0.1) is 11.6 Å². The Morgan fingerprint density at radius 3 is 2.11 bits per heavy atom. The van der Waals surface area contributed by atoms with Crippen LogP contribution in [0.15, 0.2) is 152 Å². The lowest BCUT2D eigenvalue weighted by Gasteiger charge is -2.28.